The van der Waals surface area contributed by atoms with Crippen molar-refractivity contribution in [2.45, 2.75) is 27.8 Å². The first-order chi connectivity index (χ1) is 45.8. The average molecular weight is 1370 g/mol. The summed E-state index contributed by atoms with van der Waals surface area (Å²) < 4.78 is 155. The summed E-state index contributed by atoms with van der Waals surface area (Å²) in [5.74, 6) is 0.0924. The van der Waals surface area contributed by atoms with Crippen molar-refractivity contribution in [3.8, 4) is 34.5 Å². The third-order valence-corrected chi connectivity index (χ3v) is 17.5. The van der Waals surface area contributed by atoms with E-state index in [1.807, 2.05) is 31.2 Å². The van der Waals surface area contributed by atoms with E-state index in [1.165, 1.54) is 72.8 Å². The first-order valence-corrected chi connectivity index (χ1v) is 33.1. The van der Waals surface area contributed by atoms with Crippen LogP contribution in [0.3, 0.4) is 0 Å². The number of carbonyl (C=O) groups is 3. The van der Waals surface area contributed by atoms with Crippen molar-refractivity contribution in [1.29, 1.82) is 0 Å². The minimum Gasteiger partial charge on any atom is -0.490 e. The van der Waals surface area contributed by atoms with Crippen LogP contribution in [0.2, 0.25) is 0 Å². The number of nitrogens with one attached hydrogen (secondary N) is 3. The van der Waals surface area contributed by atoms with Gasteiger partial charge in [0.2, 0.25) is 0 Å². The molecule has 0 atom stereocenters. The molecule has 0 heterocycles. The summed E-state index contributed by atoms with van der Waals surface area (Å²) in [5, 5.41) is 28.1. The van der Waals surface area contributed by atoms with Crippen LogP contribution in [0.1, 0.15) is 42.2 Å². The Bertz CT molecular complexity index is 4610. The molecule has 0 radical (unpaired) electrons. The molecule has 21 nitrogen and oxygen atoms in total. The smallest absolute Gasteiger partial charge is 0.416 e. The highest BCUT2D eigenvalue weighted by atomic mass is 32.2. The number of carboxylic acid groups (broad SMARTS) is 3. The SMILES string of the molecule is Cc1ccc(S(=O)(=O)Nc2ccc(OCCOc3ccc(C(=O)O)cc3)cc2)cc1.O=C(O)c1ccc(OCCOc2ccc(NS(=O)(=O)c3cccc(C(F)(F)F)c3)cc2)cc1.O=C(O)c1ccc(OCCOc2ccc(NS(=O)(=O)c3cccc4ccccc34)cc2)cc1. The average Bonchev–Trinajstić information content (AvgIpc) is 0.807. The van der Waals surface area contributed by atoms with E-state index in [1.54, 1.807) is 115 Å². The highest BCUT2D eigenvalue weighted by Crippen LogP contribution is 2.32. The van der Waals surface area contributed by atoms with Crippen LogP contribution in [0.5, 0.6) is 34.5 Å². The maximum Gasteiger partial charge on any atom is 0.416 e. The summed E-state index contributed by atoms with van der Waals surface area (Å²) in [4.78, 5) is 32.4. The van der Waals surface area contributed by atoms with Gasteiger partial charge in [0.15, 0.2) is 0 Å². The molecule has 498 valence electrons. The van der Waals surface area contributed by atoms with E-state index in [-0.39, 0.29) is 71.8 Å². The lowest BCUT2D eigenvalue weighted by molar-refractivity contribution is -0.137. The summed E-state index contributed by atoms with van der Waals surface area (Å²) in [6.07, 6.45) is -4.66. The first-order valence-electron chi connectivity index (χ1n) is 28.7. The molecule has 0 amide bonds. The second-order valence-electron chi connectivity index (χ2n) is 20.3. The van der Waals surface area contributed by atoms with Gasteiger partial charge in [-0.2, -0.15) is 13.2 Å². The summed E-state index contributed by atoms with van der Waals surface area (Å²) in [7, 11) is -11.6. The lowest BCUT2D eigenvalue weighted by Crippen LogP contribution is -2.14. The standard InChI is InChI=1S/C25H21NO6S.C22H18F3NO6S.C22H21NO6S/c27-25(28)19-8-12-21(13-9-19)31-16-17-32-22-14-10-20(11-15-22)26-33(29,30)24-7-3-5-18-4-1-2-6-23(18)24;23-22(24,25)16-2-1-3-20(14-16)33(29,30)26-17-6-10-19(11-7-17)32-13-12-31-18-8-4-15(5-9-18)21(27)28;1-16-2-12-21(13-3-16)30(26,27)23-18-6-10-20(11-7-18)29-15-14-28-19-8-4-17(5-9-19)22(24)25/h1-15,26H,16-17H2,(H,27,28);1-11,14,26H,12-13H2,(H,27,28);2-13,23H,14-15H2,1H3,(H,24,25). The number of aromatic carboxylic acids is 3. The molecule has 27 heteroatoms. The summed E-state index contributed by atoms with van der Waals surface area (Å²) in [5.41, 5.74) is 1.44. The van der Waals surface area contributed by atoms with E-state index in [0.29, 0.717) is 57.3 Å². The summed E-state index contributed by atoms with van der Waals surface area (Å²) >= 11 is 0. The number of ether oxygens (including phenoxy) is 6. The van der Waals surface area contributed by atoms with Gasteiger partial charge in [0.25, 0.3) is 30.1 Å². The minimum atomic E-state index is -4.66. The van der Waals surface area contributed by atoms with E-state index in [2.05, 4.69) is 14.2 Å². The number of aryl methyl sites for hydroxylation is 1. The van der Waals surface area contributed by atoms with Gasteiger partial charge in [-0.05, 0) is 194 Å². The number of fused-ring (bicyclic) bond motifs is 1. The van der Waals surface area contributed by atoms with Crippen molar-refractivity contribution in [3.63, 3.8) is 0 Å². The molecule has 0 aliphatic rings. The predicted molar refractivity (Wildman–Crippen MR) is 351 cm³/mol. The molecule has 0 bridgehead atoms. The number of halogens is 3. The van der Waals surface area contributed by atoms with E-state index in [4.69, 9.17) is 43.7 Å². The fraction of sp³-hybridized carbons (Fsp3) is 0.116. The molecule has 0 saturated carbocycles. The maximum absolute atomic E-state index is 12.9. The molecule has 0 unspecified atom stereocenters. The largest absolute Gasteiger partial charge is 0.490 e. The van der Waals surface area contributed by atoms with Gasteiger partial charge in [-0.25, -0.2) is 39.6 Å². The molecule has 0 aromatic heterocycles. The molecule has 0 spiro atoms. The molecule has 10 aromatic rings. The van der Waals surface area contributed by atoms with Gasteiger partial charge in [-0.1, -0.05) is 60.2 Å². The molecular formula is C69H60F3N3O18S3. The van der Waals surface area contributed by atoms with E-state index in [9.17, 15) is 52.8 Å². The quantitative estimate of drug-likeness (QED) is 0.0261. The number of hydrogen-bond acceptors (Lipinski definition) is 15. The zero-order chi connectivity index (χ0) is 68.9. The van der Waals surface area contributed by atoms with E-state index in [0.717, 1.165) is 29.1 Å². The van der Waals surface area contributed by atoms with Crippen LogP contribution in [-0.2, 0) is 36.2 Å². The Morgan fingerprint density at radius 1 is 0.365 bits per heavy atom. The van der Waals surface area contributed by atoms with Gasteiger partial charge in [-0.3, -0.25) is 14.2 Å². The lowest BCUT2D eigenvalue weighted by Gasteiger charge is -2.12. The predicted octanol–water partition coefficient (Wildman–Crippen LogP) is 13.4. The number of alkyl halides is 3. The summed E-state index contributed by atoms with van der Waals surface area (Å²) in [6, 6.07) is 59.6. The van der Waals surface area contributed by atoms with Crippen LogP contribution in [-0.4, -0.2) is 98.1 Å². The zero-order valence-corrected chi connectivity index (χ0v) is 53.0. The zero-order valence-electron chi connectivity index (χ0n) is 50.6. The van der Waals surface area contributed by atoms with Crippen molar-refractivity contribution < 1.29 is 96.5 Å². The molecule has 0 fully saturated rings. The minimum absolute atomic E-state index is 0.141. The highest BCUT2D eigenvalue weighted by Gasteiger charge is 2.32. The fourth-order valence-electron chi connectivity index (χ4n) is 8.52. The van der Waals surface area contributed by atoms with Gasteiger partial charge in [0.05, 0.1) is 36.9 Å². The second kappa shape index (κ2) is 32.5. The van der Waals surface area contributed by atoms with Crippen LogP contribution in [0.4, 0.5) is 30.2 Å². The normalized spacial score (nSPS) is 11.2. The Balaban J connectivity index is 0.000000184. The molecule has 6 N–H and O–H groups in total. The molecule has 0 aliphatic heterocycles. The Kier molecular flexibility index (Phi) is 23.9. The topological polar surface area (TPSA) is 306 Å². The highest BCUT2D eigenvalue weighted by molar-refractivity contribution is 7.93. The number of hydrogen-bond donors (Lipinski definition) is 6. The van der Waals surface area contributed by atoms with Gasteiger partial charge in [0.1, 0.15) is 74.1 Å². The molecule has 96 heavy (non-hydrogen) atoms. The molecule has 0 saturated heterocycles. The number of carboxylic acids is 3. The van der Waals surface area contributed by atoms with Crippen molar-refractivity contribution in [1.82, 2.24) is 0 Å². The van der Waals surface area contributed by atoms with Gasteiger partial charge < -0.3 is 43.7 Å². The van der Waals surface area contributed by atoms with E-state index < -0.39 is 64.6 Å². The van der Waals surface area contributed by atoms with Crippen molar-refractivity contribution in [2.24, 2.45) is 0 Å². The van der Waals surface area contributed by atoms with Gasteiger partial charge in [-0.15, -0.1) is 0 Å². The van der Waals surface area contributed by atoms with Crippen LogP contribution < -0.4 is 42.6 Å². The maximum atomic E-state index is 12.9. The number of anilines is 3. The molecule has 10 aromatic carbocycles. The van der Waals surface area contributed by atoms with E-state index >= 15 is 0 Å². The van der Waals surface area contributed by atoms with Crippen molar-refractivity contribution >= 4 is 75.8 Å². The van der Waals surface area contributed by atoms with Gasteiger partial charge >= 0.3 is 24.1 Å². The molecule has 10 rings (SSSR count). The van der Waals surface area contributed by atoms with Crippen LogP contribution in [0.15, 0.2) is 251 Å². The number of rotatable bonds is 27. The second-order valence-corrected chi connectivity index (χ2v) is 25.3. The fourth-order valence-corrected chi connectivity index (χ4v) is 12.0. The van der Waals surface area contributed by atoms with Crippen molar-refractivity contribution in [3.05, 3.63) is 264 Å². The lowest BCUT2D eigenvalue weighted by atomic mass is 10.1. The van der Waals surface area contributed by atoms with Crippen LogP contribution in [0.25, 0.3) is 10.8 Å². The molecule has 0 aliphatic carbocycles. The first kappa shape index (κ1) is 70.6. The third kappa shape index (κ3) is 21.1. The third-order valence-electron chi connectivity index (χ3n) is 13.3. The monoisotopic (exact) mass is 1370 g/mol. The Hall–Kier alpha value is -11.3. The summed E-state index contributed by atoms with van der Waals surface area (Å²) in [6.45, 7) is 3.31. The Morgan fingerprint density at radius 3 is 1.03 bits per heavy atom. The Morgan fingerprint density at radius 2 is 0.677 bits per heavy atom. The number of sulfonamides is 3. The van der Waals surface area contributed by atoms with Gasteiger partial charge in [0, 0.05) is 22.4 Å². The van der Waals surface area contributed by atoms with Crippen LogP contribution in [0, 0.1) is 6.92 Å². The Labute approximate surface area is 550 Å². The number of benzene rings is 10. The molecular weight excluding hydrogens is 1310 g/mol. The van der Waals surface area contributed by atoms with Crippen LogP contribution >= 0.6 is 0 Å². The van der Waals surface area contributed by atoms with Crippen molar-refractivity contribution in [2.75, 3.05) is 53.8 Å².